The zero-order chi connectivity index (χ0) is 15.2. The van der Waals surface area contributed by atoms with Crippen LogP contribution in [-0.4, -0.2) is 34.4 Å². The van der Waals surface area contributed by atoms with Crippen molar-refractivity contribution in [3.8, 4) is 0 Å². The second-order valence-electron chi connectivity index (χ2n) is 4.41. The highest BCUT2D eigenvalue weighted by molar-refractivity contribution is 6.35. The van der Waals surface area contributed by atoms with Crippen LogP contribution in [0.3, 0.4) is 0 Å². The molecule has 0 spiro atoms. The third-order valence-corrected chi connectivity index (χ3v) is 3.40. The first-order valence-corrected chi connectivity index (χ1v) is 6.95. The number of aromatic nitrogens is 3. The number of nitrogens with zero attached hydrogens (tertiary/aromatic N) is 3. The van der Waals surface area contributed by atoms with Crippen LogP contribution in [0.4, 0.5) is 8.78 Å². The average Bonchev–Trinajstić information content (AvgIpc) is 2.90. The summed E-state index contributed by atoms with van der Waals surface area (Å²) in [5.41, 5.74) is 0.769. The molecule has 2 rings (SSSR count). The molecular weight excluding hydrogens is 323 g/mol. The van der Waals surface area contributed by atoms with Crippen LogP contribution in [0.25, 0.3) is 0 Å². The highest BCUT2D eigenvalue weighted by Crippen LogP contribution is 2.29. The van der Waals surface area contributed by atoms with E-state index in [1.807, 2.05) is 0 Å². The van der Waals surface area contributed by atoms with Crippen molar-refractivity contribution in [1.29, 1.82) is 0 Å². The van der Waals surface area contributed by atoms with E-state index in [0.29, 0.717) is 16.6 Å². The van der Waals surface area contributed by atoms with Crippen LogP contribution < -0.4 is 0 Å². The summed E-state index contributed by atoms with van der Waals surface area (Å²) >= 11 is 12.0. The second-order valence-corrected chi connectivity index (χ2v) is 5.25. The zero-order valence-corrected chi connectivity index (χ0v) is 12.4. The predicted octanol–water partition coefficient (Wildman–Crippen LogP) is 3.65. The van der Waals surface area contributed by atoms with Crippen molar-refractivity contribution in [3.05, 3.63) is 46.5 Å². The molecule has 21 heavy (non-hydrogen) atoms. The normalized spacial score (nSPS) is 12.8. The summed E-state index contributed by atoms with van der Waals surface area (Å²) < 4.78 is 31.0. The smallest absolute Gasteiger partial charge is 0.261 e. The third kappa shape index (κ3) is 4.91. The Balaban J connectivity index is 2.13. The monoisotopic (exact) mass is 335 g/mol. The van der Waals surface area contributed by atoms with Gasteiger partial charge in [0.1, 0.15) is 19.3 Å². The van der Waals surface area contributed by atoms with Crippen LogP contribution in [0.5, 0.6) is 0 Å². The molecule has 0 saturated heterocycles. The summed E-state index contributed by atoms with van der Waals surface area (Å²) in [5.74, 6) is -0.227. The lowest BCUT2D eigenvalue weighted by Gasteiger charge is -2.19. The van der Waals surface area contributed by atoms with Crippen LogP contribution in [-0.2, 0) is 11.3 Å². The van der Waals surface area contributed by atoms with Crippen molar-refractivity contribution in [3.63, 3.8) is 0 Å². The van der Waals surface area contributed by atoms with Crippen LogP contribution in [0.2, 0.25) is 10.0 Å². The minimum Gasteiger partial charge on any atom is -0.375 e. The number of alkyl halides is 2. The summed E-state index contributed by atoms with van der Waals surface area (Å²) in [6.07, 6.45) is 0.447. The minimum atomic E-state index is -2.50. The van der Waals surface area contributed by atoms with E-state index in [9.17, 15) is 8.78 Å². The first-order valence-electron chi connectivity index (χ1n) is 6.19. The van der Waals surface area contributed by atoms with Crippen molar-refractivity contribution in [2.45, 2.75) is 18.9 Å². The van der Waals surface area contributed by atoms with E-state index in [-0.39, 0.29) is 12.5 Å². The van der Waals surface area contributed by atoms with Gasteiger partial charge in [-0.3, -0.25) is 4.68 Å². The lowest BCUT2D eigenvalue weighted by atomic mass is 10.00. The molecule has 0 amide bonds. The summed E-state index contributed by atoms with van der Waals surface area (Å²) in [5, 5.41) is 4.98. The molecule has 0 N–H and O–H groups in total. The average molecular weight is 336 g/mol. The van der Waals surface area contributed by atoms with Gasteiger partial charge in [-0.25, -0.2) is 13.8 Å². The fourth-order valence-corrected chi connectivity index (χ4v) is 2.49. The SMILES string of the molecule is FC(F)COCC(Cn1cncn1)c1ccc(Cl)cc1Cl. The molecule has 0 aliphatic carbocycles. The number of benzene rings is 1. The quantitative estimate of drug-likeness (QED) is 0.775. The molecule has 1 aromatic heterocycles. The first-order chi connectivity index (χ1) is 10.1. The van der Waals surface area contributed by atoms with E-state index >= 15 is 0 Å². The highest BCUT2D eigenvalue weighted by atomic mass is 35.5. The second kappa shape index (κ2) is 7.68. The standard InChI is InChI=1S/C13H13Cl2F2N3O/c14-10-1-2-11(12(15)3-10)9(5-21-6-13(16)17)4-20-8-18-7-19-20/h1-3,7-9,13H,4-6H2. The minimum absolute atomic E-state index is 0.103. The van der Waals surface area contributed by atoms with Crippen LogP contribution in [0, 0.1) is 0 Å². The van der Waals surface area contributed by atoms with Gasteiger partial charge < -0.3 is 4.74 Å². The van der Waals surface area contributed by atoms with Crippen molar-refractivity contribution >= 4 is 23.2 Å². The van der Waals surface area contributed by atoms with Gasteiger partial charge in [-0.2, -0.15) is 5.10 Å². The molecule has 1 aromatic carbocycles. The zero-order valence-electron chi connectivity index (χ0n) is 10.9. The fourth-order valence-electron chi connectivity index (χ4n) is 1.93. The van der Waals surface area contributed by atoms with E-state index in [0.717, 1.165) is 5.56 Å². The van der Waals surface area contributed by atoms with Gasteiger partial charge in [-0.05, 0) is 17.7 Å². The molecule has 0 aliphatic heterocycles. The van der Waals surface area contributed by atoms with Crippen molar-refractivity contribution in [2.75, 3.05) is 13.2 Å². The van der Waals surface area contributed by atoms with Crippen molar-refractivity contribution in [1.82, 2.24) is 14.8 Å². The molecular formula is C13H13Cl2F2N3O. The predicted molar refractivity (Wildman–Crippen MR) is 76.0 cm³/mol. The Morgan fingerprint density at radius 1 is 1.24 bits per heavy atom. The molecule has 0 aliphatic rings. The third-order valence-electron chi connectivity index (χ3n) is 2.84. The molecule has 1 unspecified atom stereocenters. The number of halogens is 4. The molecule has 0 saturated carbocycles. The number of hydrogen-bond donors (Lipinski definition) is 0. The van der Waals surface area contributed by atoms with Gasteiger partial charge in [-0.1, -0.05) is 29.3 Å². The van der Waals surface area contributed by atoms with Crippen molar-refractivity contribution < 1.29 is 13.5 Å². The summed E-state index contributed by atoms with van der Waals surface area (Å²) in [6, 6.07) is 5.07. The van der Waals surface area contributed by atoms with Gasteiger partial charge in [0.15, 0.2) is 0 Å². The molecule has 2 aromatic rings. The van der Waals surface area contributed by atoms with Crippen LogP contribution in [0.15, 0.2) is 30.9 Å². The molecule has 0 fully saturated rings. The molecule has 4 nitrogen and oxygen atoms in total. The van der Waals surface area contributed by atoms with Gasteiger partial charge in [-0.15, -0.1) is 0 Å². The van der Waals surface area contributed by atoms with Gasteiger partial charge in [0.25, 0.3) is 6.43 Å². The lowest BCUT2D eigenvalue weighted by molar-refractivity contribution is 0.0104. The maximum Gasteiger partial charge on any atom is 0.261 e. The van der Waals surface area contributed by atoms with Crippen LogP contribution >= 0.6 is 23.2 Å². The number of rotatable bonds is 7. The van der Waals surface area contributed by atoms with E-state index < -0.39 is 13.0 Å². The Labute approximate surface area is 130 Å². The van der Waals surface area contributed by atoms with Crippen molar-refractivity contribution in [2.24, 2.45) is 0 Å². The fraction of sp³-hybridized carbons (Fsp3) is 0.385. The largest absolute Gasteiger partial charge is 0.375 e. The molecule has 114 valence electrons. The summed E-state index contributed by atoms with van der Waals surface area (Å²) in [6.45, 7) is -0.0881. The Kier molecular flexibility index (Phi) is 5.90. The van der Waals surface area contributed by atoms with Gasteiger partial charge in [0.05, 0.1) is 13.2 Å². The Morgan fingerprint density at radius 3 is 2.67 bits per heavy atom. The lowest BCUT2D eigenvalue weighted by Crippen LogP contribution is -2.18. The Hall–Kier alpha value is -1.24. The number of ether oxygens (including phenoxy) is 1. The van der Waals surface area contributed by atoms with E-state index in [1.165, 1.54) is 6.33 Å². The van der Waals surface area contributed by atoms with E-state index in [2.05, 4.69) is 10.1 Å². The topological polar surface area (TPSA) is 39.9 Å². The van der Waals surface area contributed by atoms with E-state index in [1.54, 1.807) is 29.2 Å². The van der Waals surface area contributed by atoms with Gasteiger partial charge >= 0.3 is 0 Å². The summed E-state index contributed by atoms with van der Waals surface area (Å²) in [4.78, 5) is 3.85. The highest BCUT2D eigenvalue weighted by Gasteiger charge is 2.18. The molecule has 1 atom stereocenters. The molecule has 8 heteroatoms. The number of hydrogen-bond acceptors (Lipinski definition) is 3. The molecule has 0 radical (unpaired) electrons. The van der Waals surface area contributed by atoms with E-state index in [4.69, 9.17) is 27.9 Å². The molecule has 0 bridgehead atoms. The summed E-state index contributed by atoms with van der Waals surface area (Å²) in [7, 11) is 0. The maximum atomic E-state index is 12.2. The maximum absolute atomic E-state index is 12.2. The van der Waals surface area contributed by atoms with Crippen LogP contribution in [0.1, 0.15) is 11.5 Å². The Morgan fingerprint density at radius 2 is 2.05 bits per heavy atom. The molecule has 1 heterocycles. The van der Waals surface area contributed by atoms with Gasteiger partial charge in [0, 0.05) is 16.0 Å². The van der Waals surface area contributed by atoms with Gasteiger partial charge in [0.2, 0.25) is 0 Å². The first kappa shape index (κ1) is 16.1. The Bertz CT molecular complexity index is 567.